The maximum atomic E-state index is 12.3. The third kappa shape index (κ3) is 6.54. The lowest BCUT2D eigenvalue weighted by atomic mass is 9.88. The Labute approximate surface area is 199 Å². The van der Waals surface area contributed by atoms with Crippen LogP contribution in [0.4, 0.5) is 5.69 Å². The minimum Gasteiger partial charge on any atom is -0.452 e. The molecule has 0 spiro atoms. The van der Waals surface area contributed by atoms with E-state index in [0.29, 0.717) is 17.8 Å². The molecule has 0 aliphatic heterocycles. The van der Waals surface area contributed by atoms with Crippen LogP contribution in [-0.2, 0) is 14.3 Å². The van der Waals surface area contributed by atoms with Gasteiger partial charge in [0.15, 0.2) is 6.61 Å². The lowest BCUT2D eigenvalue weighted by molar-refractivity contribution is -0.124. The second-order valence-electron chi connectivity index (χ2n) is 8.43. The van der Waals surface area contributed by atoms with Crippen molar-refractivity contribution in [2.45, 2.75) is 25.2 Å². The molecule has 1 aliphatic rings. The van der Waals surface area contributed by atoms with E-state index in [1.165, 1.54) is 11.1 Å². The largest absolute Gasteiger partial charge is 0.452 e. The highest BCUT2D eigenvalue weighted by molar-refractivity contribution is 5.95. The second kappa shape index (κ2) is 11.3. The molecule has 4 rings (SSSR count). The van der Waals surface area contributed by atoms with Crippen LogP contribution in [0.25, 0.3) is 0 Å². The van der Waals surface area contributed by atoms with E-state index in [0.717, 1.165) is 19.3 Å². The molecule has 0 atom stereocenters. The molecule has 6 heteroatoms. The van der Waals surface area contributed by atoms with Gasteiger partial charge in [-0.15, -0.1) is 0 Å². The summed E-state index contributed by atoms with van der Waals surface area (Å²) in [5.41, 5.74) is 3.33. The Morgan fingerprint density at radius 1 is 0.824 bits per heavy atom. The SMILES string of the molecule is O=C(COC(=O)c1ccc(NC(=O)C2CC2)cc1)NCCC(c1ccccc1)c1ccccc1. The third-order valence-electron chi connectivity index (χ3n) is 5.83. The highest BCUT2D eigenvalue weighted by atomic mass is 16.5. The molecule has 0 saturated heterocycles. The van der Waals surface area contributed by atoms with Crippen LogP contribution in [0.15, 0.2) is 84.9 Å². The van der Waals surface area contributed by atoms with E-state index in [4.69, 9.17) is 4.74 Å². The quantitative estimate of drug-likeness (QED) is 0.439. The average Bonchev–Trinajstić information content (AvgIpc) is 3.72. The van der Waals surface area contributed by atoms with E-state index in [1.54, 1.807) is 24.3 Å². The lowest BCUT2D eigenvalue weighted by Gasteiger charge is -2.18. The van der Waals surface area contributed by atoms with Crippen molar-refractivity contribution >= 4 is 23.5 Å². The Kier molecular flexibility index (Phi) is 7.71. The van der Waals surface area contributed by atoms with Gasteiger partial charge in [0.25, 0.3) is 5.91 Å². The molecule has 174 valence electrons. The Bertz CT molecular complexity index is 1070. The van der Waals surface area contributed by atoms with Crippen LogP contribution in [-0.4, -0.2) is 30.9 Å². The predicted molar refractivity (Wildman–Crippen MR) is 130 cm³/mol. The molecule has 0 aromatic heterocycles. The van der Waals surface area contributed by atoms with Gasteiger partial charge in [0.05, 0.1) is 5.56 Å². The summed E-state index contributed by atoms with van der Waals surface area (Å²) in [5, 5.41) is 5.66. The fourth-order valence-corrected chi connectivity index (χ4v) is 3.80. The molecular weight excluding hydrogens is 428 g/mol. The Balaban J connectivity index is 1.23. The third-order valence-corrected chi connectivity index (χ3v) is 5.83. The van der Waals surface area contributed by atoms with E-state index in [-0.39, 0.29) is 30.3 Å². The van der Waals surface area contributed by atoms with Crippen molar-refractivity contribution < 1.29 is 19.1 Å². The molecular formula is C28H28N2O4. The van der Waals surface area contributed by atoms with Crippen LogP contribution in [0.2, 0.25) is 0 Å². The van der Waals surface area contributed by atoms with Crippen molar-refractivity contribution in [3.05, 3.63) is 102 Å². The zero-order valence-electron chi connectivity index (χ0n) is 18.9. The number of anilines is 1. The van der Waals surface area contributed by atoms with Gasteiger partial charge in [-0.3, -0.25) is 9.59 Å². The number of benzene rings is 3. The summed E-state index contributed by atoms with van der Waals surface area (Å²) < 4.78 is 5.15. The first-order chi connectivity index (χ1) is 16.6. The van der Waals surface area contributed by atoms with Crippen LogP contribution >= 0.6 is 0 Å². The Morgan fingerprint density at radius 2 is 1.41 bits per heavy atom. The Morgan fingerprint density at radius 3 is 1.97 bits per heavy atom. The van der Waals surface area contributed by atoms with Crippen molar-refractivity contribution in [2.24, 2.45) is 5.92 Å². The number of rotatable bonds is 10. The summed E-state index contributed by atoms with van der Waals surface area (Å²) in [6, 6.07) is 26.8. The van der Waals surface area contributed by atoms with E-state index < -0.39 is 5.97 Å². The van der Waals surface area contributed by atoms with Crippen molar-refractivity contribution in [3.8, 4) is 0 Å². The molecule has 34 heavy (non-hydrogen) atoms. The average molecular weight is 457 g/mol. The number of ether oxygens (including phenoxy) is 1. The Hall–Kier alpha value is -3.93. The van der Waals surface area contributed by atoms with Gasteiger partial charge in [0.2, 0.25) is 5.91 Å². The fraction of sp³-hybridized carbons (Fsp3) is 0.250. The fourth-order valence-electron chi connectivity index (χ4n) is 3.80. The molecule has 0 heterocycles. The summed E-state index contributed by atoms with van der Waals surface area (Å²) >= 11 is 0. The van der Waals surface area contributed by atoms with E-state index >= 15 is 0 Å². The standard InChI is InChI=1S/C28H28N2O4/c31-26(19-34-28(33)23-13-15-24(16-14-23)30-27(32)22-11-12-22)29-18-17-25(20-7-3-1-4-8-20)21-9-5-2-6-10-21/h1-10,13-16,22,25H,11-12,17-19H2,(H,29,31)(H,30,32). The summed E-state index contributed by atoms with van der Waals surface area (Å²) in [7, 11) is 0. The number of esters is 1. The maximum Gasteiger partial charge on any atom is 0.338 e. The van der Waals surface area contributed by atoms with Crippen LogP contribution in [0, 0.1) is 5.92 Å². The summed E-state index contributed by atoms with van der Waals surface area (Å²) in [4.78, 5) is 36.3. The highest BCUT2D eigenvalue weighted by Gasteiger charge is 2.29. The van der Waals surface area contributed by atoms with Crippen LogP contribution in [0.1, 0.15) is 46.7 Å². The van der Waals surface area contributed by atoms with Crippen LogP contribution in [0.5, 0.6) is 0 Å². The smallest absolute Gasteiger partial charge is 0.338 e. The number of hydrogen-bond acceptors (Lipinski definition) is 4. The first kappa shape index (κ1) is 23.2. The number of carbonyl (C=O) groups excluding carboxylic acids is 3. The summed E-state index contributed by atoms with van der Waals surface area (Å²) in [6.07, 6.45) is 2.58. The second-order valence-corrected chi connectivity index (χ2v) is 8.43. The first-order valence-electron chi connectivity index (χ1n) is 11.5. The molecule has 1 aliphatic carbocycles. The van der Waals surface area contributed by atoms with E-state index in [2.05, 4.69) is 34.9 Å². The molecule has 0 bridgehead atoms. The number of amides is 2. The monoisotopic (exact) mass is 456 g/mol. The zero-order chi connectivity index (χ0) is 23.8. The number of carbonyl (C=O) groups is 3. The number of hydrogen-bond donors (Lipinski definition) is 2. The molecule has 3 aromatic rings. The van der Waals surface area contributed by atoms with E-state index in [9.17, 15) is 14.4 Å². The summed E-state index contributed by atoms with van der Waals surface area (Å²) in [5.74, 6) is -0.653. The van der Waals surface area contributed by atoms with Crippen molar-refractivity contribution in [1.29, 1.82) is 0 Å². The van der Waals surface area contributed by atoms with Gasteiger partial charge in [-0.05, 0) is 54.7 Å². The van der Waals surface area contributed by atoms with Gasteiger partial charge in [0.1, 0.15) is 0 Å². The molecule has 1 fully saturated rings. The normalized spacial score (nSPS) is 12.7. The highest BCUT2D eigenvalue weighted by Crippen LogP contribution is 2.30. The first-order valence-corrected chi connectivity index (χ1v) is 11.5. The van der Waals surface area contributed by atoms with Gasteiger partial charge >= 0.3 is 5.97 Å². The van der Waals surface area contributed by atoms with Crippen molar-refractivity contribution in [2.75, 3.05) is 18.5 Å². The lowest BCUT2D eigenvalue weighted by Crippen LogP contribution is -2.30. The van der Waals surface area contributed by atoms with Gasteiger partial charge in [0, 0.05) is 24.1 Å². The van der Waals surface area contributed by atoms with Gasteiger partial charge in [-0.1, -0.05) is 60.7 Å². The molecule has 0 unspecified atom stereocenters. The van der Waals surface area contributed by atoms with Gasteiger partial charge in [-0.2, -0.15) is 0 Å². The minimum atomic E-state index is -0.582. The van der Waals surface area contributed by atoms with Crippen LogP contribution < -0.4 is 10.6 Å². The molecule has 3 aromatic carbocycles. The zero-order valence-corrected chi connectivity index (χ0v) is 18.9. The van der Waals surface area contributed by atoms with Crippen molar-refractivity contribution in [1.82, 2.24) is 5.32 Å². The van der Waals surface area contributed by atoms with E-state index in [1.807, 2.05) is 36.4 Å². The topological polar surface area (TPSA) is 84.5 Å². The van der Waals surface area contributed by atoms with Gasteiger partial charge in [-0.25, -0.2) is 4.79 Å². The number of nitrogens with one attached hydrogen (secondary N) is 2. The predicted octanol–water partition coefficient (Wildman–Crippen LogP) is 4.53. The minimum absolute atomic E-state index is 0.00812. The van der Waals surface area contributed by atoms with Gasteiger partial charge < -0.3 is 15.4 Å². The molecule has 0 radical (unpaired) electrons. The summed E-state index contributed by atoms with van der Waals surface area (Å²) in [6.45, 7) is 0.112. The molecule has 1 saturated carbocycles. The molecule has 2 amide bonds. The van der Waals surface area contributed by atoms with Crippen molar-refractivity contribution in [3.63, 3.8) is 0 Å². The van der Waals surface area contributed by atoms with Crippen LogP contribution in [0.3, 0.4) is 0 Å². The maximum absolute atomic E-state index is 12.3. The molecule has 6 nitrogen and oxygen atoms in total. The molecule has 2 N–H and O–H groups in total.